The van der Waals surface area contributed by atoms with Crippen molar-refractivity contribution in [1.82, 2.24) is 25.1 Å². The second-order valence-corrected chi connectivity index (χ2v) is 4.84. The van der Waals surface area contributed by atoms with E-state index in [9.17, 15) is 9.59 Å². The molecule has 23 heavy (non-hydrogen) atoms. The molecular formula is C14H15N5O4. The van der Waals surface area contributed by atoms with Crippen LogP contribution in [-0.4, -0.2) is 69.9 Å². The number of para-hydroxylation sites is 1. The first-order valence-electron chi connectivity index (χ1n) is 7.11. The third kappa shape index (κ3) is 3.51. The van der Waals surface area contributed by atoms with E-state index >= 15 is 0 Å². The average molecular weight is 317 g/mol. The second-order valence-electron chi connectivity index (χ2n) is 4.84. The molecule has 1 amide bonds. The lowest BCUT2D eigenvalue weighted by molar-refractivity contribution is -0.138. The van der Waals surface area contributed by atoms with Crippen molar-refractivity contribution in [3.63, 3.8) is 0 Å². The van der Waals surface area contributed by atoms with Crippen LogP contribution in [0.25, 0.3) is 5.69 Å². The van der Waals surface area contributed by atoms with E-state index in [1.807, 2.05) is 0 Å². The molecule has 1 aliphatic rings. The number of nitrogens with zero attached hydrogens (tertiary/aromatic N) is 5. The van der Waals surface area contributed by atoms with Gasteiger partial charge >= 0.3 is 5.97 Å². The Morgan fingerprint density at radius 2 is 2.00 bits per heavy atom. The number of benzene rings is 1. The van der Waals surface area contributed by atoms with Gasteiger partial charge in [0.25, 0.3) is 5.91 Å². The van der Waals surface area contributed by atoms with Crippen LogP contribution in [0.5, 0.6) is 0 Å². The SMILES string of the molecule is O=C(OCC(=O)N1CCOCC1)c1ccccc1-n1cnnn1. The number of rotatable bonds is 4. The highest BCUT2D eigenvalue weighted by molar-refractivity contribution is 5.94. The summed E-state index contributed by atoms with van der Waals surface area (Å²) >= 11 is 0. The van der Waals surface area contributed by atoms with Crippen LogP contribution in [0.2, 0.25) is 0 Å². The maximum Gasteiger partial charge on any atom is 0.340 e. The zero-order valence-corrected chi connectivity index (χ0v) is 12.3. The zero-order valence-electron chi connectivity index (χ0n) is 12.3. The van der Waals surface area contributed by atoms with Crippen molar-refractivity contribution < 1.29 is 19.1 Å². The first-order valence-corrected chi connectivity index (χ1v) is 7.11. The quantitative estimate of drug-likeness (QED) is 0.712. The fraction of sp³-hybridized carbons (Fsp3) is 0.357. The number of amides is 1. The summed E-state index contributed by atoms with van der Waals surface area (Å²) in [6.45, 7) is 1.72. The molecule has 0 atom stereocenters. The van der Waals surface area contributed by atoms with Gasteiger partial charge in [0.05, 0.1) is 24.5 Å². The van der Waals surface area contributed by atoms with Crippen molar-refractivity contribution >= 4 is 11.9 Å². The number of hydrogen-bond donors (Lipinski definition) is 0. The lowest BCUT2D eigenvalue weighted by Crippen LogP contribution is -2.42. The van der Waals surface area contributed by atoms with Crippen LogP contribution < -0.4 is 0 Å². The van der Waals surface area contributed by atoms with Gasteiger partial charge in [-0.15, -0.1) is 5.10 Å². The minimum Gasteiger partial charge on any atom is -0.452 e. The number of ether oxygens (including phenoxy) is 2. The zero-order chi connectivity index (χ0) is 16.1. The Labute approximate surface area is 131 Å². The molecule has 0 radical (unpaired) electrons. The van der Waals surface area contributed by atoms with Crippen molar-refractivity contribution in [3.8, 4) is 5.69 Å². The maximum atomic E-state index is 12.2. The minimum atomic E-state index is -0.599. The third-order valence-electron chi connectivity index (χ3n) is 3.41. The van der Waals surface area contributed by atoms with E-state index in [4.69, 9.17) is 9.47 Å². The van der Waals surface area contributed by atoms with Crippen molar-refractivity contribution in [2.24, 2.45) is 0 Å². The van der Waals surface area contributed by atoms with Gasteiger partial charge in [-0.25, -0.2) is 4.79 Å². The maximum absolute atomic E-state index is 12.2. The molecule has 2 heterocycles. The fourth-order valence-corrected chi connectivity index (χ4v) is 2.23. The third-order valence-corrected chi connectivity index (χ3v) is 3.41. The van der Waals surface area contributed by atoms with Gasteiger partial charge in [-0.2, -0.15) is 4.68 Å². The van der Waals surface area contributed by atoms with Crippen LogP contribution in [0.3, 0.4) is 0 Å². The molecule has 0 spiro atoms. The Morgan fingerprint density at radius 3 is 2.74 bits per heavy atom. The molecule has 0 aliphatic carbocycles. The number of hydrogen-bond acceptors (Lipinski definition) is 7. The number of aromatic nitrogens is 4. The number of carbonyl (C=O) groups is 2. The summed E-state index contributed by atoms with van der Waals surface area (Å²) in [4.78, 5) is 25.9. The normalized spacial score (nSPS) is 14.5. The Hall–Kier alpha value is -2.81. The summed E-state index contributed by atoms with van der Waals surface area (Å²) in [7, 11) is 0. The molecule has 1 aliphatic heterocycles. The molecule has 0 bridgehead atoms. The Morgan fingerprint density at radius 1 is 1.22 bits per heavy atom. The monoisotopic (exact) mass is 317 g/mol. The lowest BCUT2D eigenvalue weighted by atomic mass is 10.2. The number of tetrazole rings is 1. The smallest absolute Gasteiger partial charge is 0.340 e. The molecule has 0 saturated carbocycles. The Kier molecular flexibility index (Phi) is 4.57. The van der Waals surface area contributed by atoms with Gasteiger partial charge < -0.3 is 14.4 Å². The molecular weight excluding hydrogens is 302 g/mol. The van der Waals surface area contributed by atoms with Crippen molar-refractivity contribution in [2.75, 3.05) is 32.9 Å². The van der Waals surface area contributed by atoms with Crippen LogP contribution >= 0.6 is 0 Å². The van der Waals surface area contributed by atoms with Gasteiger partial charge in [0.15, 0.2) is 6.61 Å². The van der Waals surface area contributed by atoms with Crippen molar-refractivity contribution in [3.05, 3.63) is 36.2 Å². The molecule has 1 fully saturated rings. The van der Waals surface area contributed by atoms with Crippen LogP contribution in [0, 0.1) is 0 Å². The Bertz CT molecular complexity index is 682. The number of esters is 1. The molecule has 120 valence electrons. The average Bonchev–Trinajstić information content (AvgIpc) is 3.14. The molecule has 1 aromatic carbocycles. The van der Waals surface area contributed by atoms with Crippen LogP contribution in [0.15, 0.2) is 30.6 Å². The summed E-state index contributed by atoms with van der Waals surface area (Å²) in [5.41, 5.74) is 0.774. The molecule has 0 unspecified atom stereocenters. The van der Waals surface area contributed by atoms with Crippen molar-refractivity contribution in [1.29, 1.82) is 0 Å². The molecule has 0 N–H and O–H groups in total. The fourth-order valence-electron chi connectivity index (χ4n) is 2.23. The highest BCUT2D eigenvalue weighted by Gasteiger charge is 2.20. The Balaban J connectivity index is 1.66. The molecule has 9 nitrogen and oxygen atoms in total. The second kappa shape index (κ2) is 6.97. The van der Waals surface area contributed by atoms with Crippen LogP contribution in [0.1, 0.15) is 10.4 Å². The topological polar surface area (TPSA) is 99.4 Å². The predicted octanol–water partition coefficient (Wildman–Crippen LogP) is -0.322. The van der Waals surface area contributed by atoms with Gasteiger partial charge in [0.2, 0.25) is 0 Å². The van der Waals surface area contributed by atoms with Crippen LogP contribution in [-0.2, 0) is 14.3 Å². The summed E-state index contributed by atoms with van der Waals surface area (Å²) in [5, 5.41) is 10.8. The van der Waals surface area contributed by atoms with E-state index in [-0.39, 0.29) is 18.1 Å². The van der Waals surface area contributed by atoms with Gasteiger partial charge in [0, 0.05) is 13.1 Å². The lowest BCUT2D eigenvalue weighted by Gasteiger charge is -2.26. The first kappa shape index (κ1) is 15.1. The molecule has 1 aromatic heterocycles. The number of morpholine rings is 1. The highest BCUT2D eigenvalue weighted by atomic mass is 16.5. The van der Waals surface area contributed by atoms with Gasteiger partial charge in [-0.3, -0.25) is 4.79 Å². The van der Waals surface area contributed by atoms with Gasteiger partial charge in [0.1, 0.15) is 6.33 Å². The standard InChI is InChI=1S/C14H15N5O4/c20-13(18-5-7-22-8-6-18)9-23-14(21)11-3-1-2-4-12(11)19-10-15-16-17-19/h1-4,10H,5-9H2. The summed E-state index contributed by atoms with van der Waals surface area (Å²) in [5.74, 6) is -0.834. The van der Waals surface area contributed by atoms with E-state index in [0.29, 0.717) is 32.0 Å². The van der Waals surface area contributed by atoms with Gasteiger partial charge in [-0.1, -0.05) is 12.1 Å². The van der Waals surface area contributed by atoms with E-state index in [1.165, 1.54) is 11.0 Å². The van der Waals surface area contributed by atoms with E-state index in [2.05, 4.69) is 15.5 Å². The van der Waals surface area contributed by atoms with Crippen LogP contribution in [0.4, 0.5) is 0 Å². The van der Waals surface area contributed by atoms with E-state index in [0.717, 1.165) is 0 Å². The minimum absolute atomic E-state index is 0.235. The molecule has 9 heteroatoms. The summed E-state index contributed by atoms with van der Waals surface area (Å²) in [6.07, 6.45) is 1.38. The van der Waals surface area contributed by atoms with E-state index < -0.39 is 5.97 Å². The summed E-state index contributed by atoms with van der Waals surface area (Å²) < 4.78 is 11.7. The van der Waals surface area contributed by atoms with Gasteiger partial charge in [-0.05, 0) is 22.6 Å². The van der Waals surface area contributed by atoms with E-state index in [1.54, 1.807) is 29.2 Å². The molecule has 3 rings (SSSR count). The summed E-state index contributed by atoms with van der Waals surface area (Å²) in [6, 6.07) is 6.75. The first-order chi connectivity index (χ1) is 11.3. The predicted molar refractivity (Wildman–Crippen MR) is 76.8 cm³/mol. The molecule has 2 aromatic rings. The highest BCUT2D eigenvalue weighted by Crippen LogP contribution is 2.14. The number of carbonyl (C=O) groups excluding carboxylic acids is 2. The van der Waals surface area contributed by atoms with Crippen molar-refractivity contribution in [2.45, 2.75) is 0 Å². The molecule has 1 saturated heterocycles. The largest absolute Gasteiger partial charge is 0.452 e.